The highest BCUT2D eigenvalue weighted by Crippen LogP contribution is 2.40. The number of halogens is 1. The molecule has 1 saturated heterocycles. The lowest BCUT2D eigenvalue weighted by atomic mass is 10.1. The van der Waals surface area contributed by atoms with E-state index in [-0.39, 0.29) is 12.7 Å². The van der Waals surface area contributed by atoms with Gasteiger partial charge >= 0.3 is 0 Å². The molecule has 1 aromatic carbocycles. The Hall–Kier alpha value is -2.51. The Morgan fingerprint density at radius 2 is 2.00 bits per heavy atom. The SMILES string of the molecule is Cc1noc(C)c1CN1CCN(C(=O)/C=C/c2cc(Cl)c3c(c2)OCO3)CC1. The quantitative estimate of drug-likeness (QED) is 0.731. The van der Waals surface area contributed by atoms with E-state index in [0.29, 0.717) is 29.6 Å². The third-order valence-electron chi connectivity index (χ3n) is 5.11. The zero-order valence-corrected chi connectivity index (χ0v) is 16.7. The van der Waals surface area contributed by atoms with Gasteiger partial charge < -0.3 is 18.9 Å². The zero-order chi connectivity index (χ0) is 19.7. The van der Waals surface area contributed by atoms with Crippen LogP contribution in [0.1, 0.15) is 22.6 Å². The van der Waals surface area contributed by atoms with Crippen molar-refractivity contribution in [1.29, 1.82) is 0 Å². The lowest BCUT2D eigenvalue weighted by Gasteiger charge is -2.34. The molecule has 0 radical (unpaired) electrons. The summed E-state index contributed by atoms with van der Waals surface area (Å²) in [5.41, 5.74) is 2.88. The van der Waals surface area contributed by atoms with Gasteiger partial charge in [-0.3, -0.25) is 9.69 Å². The lowest BCUT2D eigenvalue weighted by molar-refractivity contribution is -0.127. The summed E-state index contributed by atoms with van der Waals surface area (Å²) in [6.07, 6.45) is 3.34. The van der Waals surface area contributed by atoms with Crippen LogP contribution < -0.4 is 9.47 Å². The van der Waals surface area contributed by atoms with Gasteiger partial charge in [0.2, 0.25) is 12.7 Å². The molecule has 2 aromatic rings. The Balaban J connectivity index is 1.33. The largest absolute Gasteiger partial charge is 0.454 e. The molecule has 7 nitrogen and oxygen atoms in total. The zero-order valence-electron chi connectivity index (χ0n) is 15.9. The summed E-state index contributed by atoms with van der Waals surface area (Å²) < 4.78 is 15.9. The molecule has 1 amide bonds. The summed E-state index contributed by atoms with van der Waals surface area (Å²) in [5.74, 6) is 2.01. The number of carbonyl (C=O) groups excluding carboxylic acids is 1. The topological polar surface area (TPSA) is 68.0 Å². The molecule has 1 fully saturated rings. The Labute approximate surface area is 168 Å². The number of aromatic nitrogens is 1. The van der Waals surface area contributed by atoms with Gasteiger partial charge in [-0.25, -0.2) is 0 Å². The van der Waals surface area contributed by atoms with E-state index < -0.39 is 0 Å². The van der Waals surface area contributed by atoms with Crippen molar-refractivity contribution in [3.63, 3.8) is 0 Å². The highest BCUT2D eigenvalue weighted by atomic mass is 35.5. The van der Waals surface area contributed by atoms with Crippen molar-refractivity contribution in [3.05, 3.63) is 45.8 Å². The number of ether oxygens (including phenoxy) is 2. The van der Waals surface area contributed by atoms with Gasteiger partial charge in [0.1, 0.15) is 5.76 Å². The van der Waals surface area contributed by atoms with Crippen LogP contribution in [0.25, 0.3) is 6.08 Å². The van der Waals surface area contributed by atoms with E-state index >= 15 is 0 Å². The molecule has 148 valence electrons. The smallest absolute Gasteiger partial charge is 0.246 e. The molecule has 2 aliphatic heterocycles. The first-order chi connectivity index (χ1) is 13.5. The van der Waals surface area contributed by atoms with Crippen LogP contribution in [0, 0.1) is 13.8 Å². The van der Waals surface area contributed by atoms with Crippen molar-refractivity contribution in [2.75, 3.05) is 33.0 Å². The van der Waals surface area contributed by atoms with E-state index in [0.717, 1.165) is 42.2 Å². The predicted molar refractivity (Wildman–Crippen MR) is 104 cm³/mol. The van der Waals surface area contributed by atoms with Gasteiger partial charge in [-0.1, -0.05) is 16.8 Å². The molecule has 0 saturated carbocycles. The van der Waals surface area contributed by atoms with Crippen molar-refractivity contribution in [2.24, 2.45) is 0 Å². The number of carbonyl (C=O) groups is 1. The molecule has 0 spiro atoms. The molecule has 28 heavy (non-hydrogen) atoms. The summed E-state index contributed by atoms with van der Waals surface area (Å²) in [5, 5.41) is 4.49. The molecule has 0 atom stereocenters. The van der Waals surface area contributed by atoms with Crippen LogP contribution in [-0.2, 0) is 11.3 Å². The van der Waals surface area contributed by atoms with Crippen LogP contribution >= 0.6 is 11.6 Å². The first-order valence-electron chi connectivity index (χ1n) is 9.21. The molecule has 0 bridgehead atoms. The van der Waals surface area contributed by atoms with Crippen molar-refractivity contribution in [2.45, 2.75) is 20.4 Å². The molecular weight excluding hydrogens is 382 g/mol. The predicted octanol–water partition coefficient (Wildman–Crippen LogP) is 3.03. The van der Waals surface area contributed by atoms with E-state index in [9.17, 15) is 4.79 Å². The van der Waals surface area contributed by atoms with E-state index in [2.05, 4.69) is 10.1 Å². The second-order valence-corrected chi connectivity index (χ2v) is 7.38. The van der Waals surface area contributed by atoms with Crippen LogP contribution in [0.3, 0.4) is 0 Å². The van der Waals surface area contributed by atoms with Crippen molar-refractivity contribution in [1.82, 2.24) is 15.0 Å². The highest BCUT2D eigenvalue weighted by Gasteiger charge is 2.22. The van der Waals surface area contributed by atoms with Gasteiger partial charge in [-0.2, -0.15) is 0 Å². The molecule has 1 aromatic heterocycles. The van der Waals surface area contributed by atoms with Crippen LogP contribution in [0.2, 0.25) is 5.02 Å². The summed E-state index contributed by atoms with van der Waals surface area (Å²) in [6.45, 7) is 7.87. The number of piperazine rings is 1. The Kier molecular flexibility index (Phi) is 5.28. The van der Waals surface area contributed by atoms with Crippen molar-refractivity contribution < 1.29 is 18.8 Å². The maximum atomic E-state index is 12.5. The van der Waals surface area contributed by atoms with Crippen molar-refractivity contribution >= 4 is 23.6 Å². The standard InChI is InChI=1S/C20H22ClN3O4/c1-13-16(14(2)28-22-13)11-23-5-7-24(8-6-23)19(25)4-3-15-9-17(21)20-18(10-15)26-12-27-20/h3-4,9-10H,5-8,11-12H2,1-2H3/b4-3+. The third kappa shape index (κ3) is 3.86. The summed E-state index contributed by atoms with van der Waals surface area (Å²) in [7, 11) is 0. The Morgan fingerprint density at radius 1 is 1.21 bits per heavy atom. The number of amides is 1. The van der Waals surface area contributed by atoms with Gasteiger partial charge in [-0.15, -0.1) is 0 Å². The van der Waals surface area contributed by atoms with Crippen molar-refractivity contribution in [3.8, 4) is 11.5 Å². The minimum Gasteiger partial charge on any atom is -0.454 e. The number of aryl methyl sites for hydroxylation is 2. The normalized spacial score (nSPS) is 16.9. The first kappa shape index (κ1) is 18.8. The fourth-order valence-corrected chi connectivity index (χ4v) is 3.71. The summed E-state index contributed by atoms with van der Waals surface area (Å²) in [4.78, 5) is 16.7. The number of hydrogen-bond acceptors (Lipinski definition) is 6. The van der Waals surface area contributed by atoms with Crippen LogP contribution in [0.15, 0.2) is 22.7 Å². The van der Waals surface area contributed by atoms with E-state index in [1.807, 2.05) is 24.8 Å². The average molecular weight is 404 g/mol. The van der Waals surface area contributed by atoms with Gasteiger partial charge in [0.05, 0.1) is 10.7 Å². The van der Waals surface area contributed by atoms with E-state index in [1.165, 1.54) is 0 Å². The Morgan fingerprint density at radius 3 is 2.71 bits per heavy atom. The van der Waals surface area contributed by atoms with Gasteiger partial charge in [-0.05, 0) is 37.6 Å². The monoisotopic (exact) mass is 403 g/mol. The number of benzene rings is 1. The first-order valence-corrected chi connectivity index (χ1v) is 9.59. The maximum Gasteiger partial charge on any atom is 0.246 e. The van der Waals surface area contributed by atoms with Crippen LogP contribution in [0.5, 0.6) is 11.5 Å². The van der Waals surface area contributed by atoms with E-state index in [1.54, 1.807) is 18.2 Å². The fourth-order valence-electron chi connectivity index (χ4n) is 3.43. The second kappa shape index (κ2) is 7.85. The number of rotatable bonds is 4. The van der Waals surface area contributed by atoms with Crippen LogP contribution in [-0.4, -0.2) is 53.8 Å². The third-order valence-corrected chi connectivity index (χ3v) is 5.40. The Bertz CT molecular complexity index is 897. The molecule has 8 heteroatoms. The molecular formula is C20H22ClN3O4. The van der Waals surface area contributed by atoms with E-state index in [4.69, 9.17) is 25.6 Å². The van der Waals surface area contributed by atoms with Gasteiger partial charge in [0.15, 0.2) is 11.5 Å². The van der Waals surface area contributed by atoms with Gasteiger partial charge in [0.25, 0.3) is 0 Å². The lowest BCUT2D eigenvalue weighted by Crippen LogP contribution is -2.47. The minimum absolute atomic E-state index is 0.00854. The fraction of sp³-hybridized carbons (Fsp3) is 0.400. The summed E-state index contributed by atoms with van der Waals surface area (Å²) >= 11 is 6.18. The number of fused-ring (bicyclic) bond motifs is 1. The highest BCUT2D eigenvalue weighted by molar-refractivity contribution is 6.32. The molecule has 4 rings (SSSR count). The molecule has 3 heterocycles. The molecule has 0 aliphatic carbocycles. The molecule has 0 unspecified atom stereocenters. The second-order valence-electron chi connectivity index (χ2n) is 6.97. The molecule has 0 N–H and O–H groups in total. The summed E-state index contributed by atoms with van der Waals surface area (Å²) in [6, 6.07) is 3.58. The maximum absolute atomic E-state index is 12.5. The molecule has 2 aliphatic rings. The number of hydrogen-bond donors (Lipinski definition) is 0. The van der Waals surface area contributed by atoms with Gasteiger partial charge in [0, 0.05) is 44.4 Å². The number of nitrogens with zero attached hydrogens (tertiary/aromatic N) is 3. The average Bonchev–Trinajstić information content (AvgIpc) is 3.29. The minimum atomic E-state index is -0.00854. The van der Waals surface area contributed by atoms with Crippen LogP contribution in [0.4, 0.5) is 0 Å².